The fourth-order valence-electron chi connectivity index (χ4n) is 0.917. The first-order chi connectivity index (χ1) is 6.49. The van der Waals surface area contributed by atoms with Gasteiger partial charge in [0.1, 0.15) is 0 Å². The maximum atomic E-state index is 8.51. The number of nitrogens with zero attached hydrogens (tertiary/aromatic N) is 2. The average Bonchev–Trinajstić information content (AvgIpc) is 2.02. The van der Waals surface area contributed by atoms with Crippen molar-refractivity contribution in [3.63, 3.8) is 0 Å². The summed E-state index contributed by atoms with van der Waals surface area (Å²) in [7, 11) is -1.08. The Labute approximate surface area is 92.7 Å². The summed E-state index contributed by atoms with van der Waals surface area (Å²) in [5, 5.41) is 8.51. The summed E-state index contributed by atoms with van der Waals surface area (Å²) in [6.45, 7) is 8.70. The largest absolute Gasteiger partial charge is 0.329 e. The van der Waals surface area contributed by atoms with Gasteiger partial charge in [-0.2, -0.15) is 5.26 Å². The Kier molecular flexibility index (Phi) is 7.49. The molecule has 0 aromatic rings. The molecule has 0 saturated carbocycles. The van der Waals surface area contributed by atoms with E-state index in [0.29, 0.717) is 19.0 Å². The van der Waals surface area contributed by atoms with E-state index in [2.05, 4.69) is 19.9 Å². The van der Waals surface area contributed by atoms with Crippen molar-refractivity contribution in [2.24, 2.45) is 0 Å². The minimum absolute atomic E-state index is 0.127. The molecule has 0 heterocycles. The van der Waals surface area contributed by atoms with Gasteiger partial charge in [-0.05, 0) is 38.9 Å². The monoisotopic (exact) mass is 236 g/mol. The Balaban J connectivity index is 4.12. The summed E-state index contributed by atoms with van der Waals surface area (Å²) in [5.74, 6) is 0. The van der Waals surface area contributed by atoms with Gasteiger partial charge in [0.05, 0.1) is 12.2 Å². The Morgan fingerprint density at radius 3 is 2.36 bits per heavy atom. The van der Waals surface area contributed by atoms with E-state index in [0.717, 1.165) is 0 Å². The van der Waals surface area contributed by atoms with Crippen LogP contribution in [-0.4, -0.2) is 23.4 Å². The van der Waals surface area contributed by atoms with Crippen molar-refractivity contribution < 1.29 is 4.52 Å². The highest BCUT2D eigenvalue weighted by atomic mass is 35.7. The standard InChI is InChI=1S/C9H18ClN2OP/c1-8(2)12(7-5-6-11)14(10)13-9(3)4/h8-9H,5,7H2,1-4H3. The van der Waals surface area contributed by atoms with Crippen LogP contribution in [-0.2, 0) is 4.52 Å². The van der Waals surface area contributed by atoms with Crippen LogP contribution in [0.1, 0.15) is 34.1 Å². The molecule has 0 saturated heterocycles. The highest BCUT2D eigenvalue weighted by Crippen LogP contribution is 2.48. The molecule has 0 aromatic carbocycles. The smallest absolute Gasteiger partial charge is 0.207 e. The van der Waals surface area contributed by atoms with E-state index in [-0.39, 0.29) is 6.10 Å². The van der Waals surface area contributed by atoms with Crippen molar-refractivity contribution in [3.05, 3.63) is 0 Å². The van der Waals surface area contributed by atoms with Crippen molar-refractivity contribution in [3.8, 4) is 6.07 Å². The molecule has 0 spiro atoms. The van der Waals surface area contributed by atoms with E-state index < -0.39 is 7.65 Å². The van der Waals surface area contributed by atoms with Crippen LogP contribution < -0.4 is 0 Å². The normalized spacial score (nSPS) is 13.6. The fourth-order valence-corrected chi connectivity index (χ4v) is 3.24. The van der Waals surface area contributed by atoms with E-state index in [9.17, 15) is 0 Å². The molecular formula is C9H18ClN2OP. The van der Waals surface area contributed by atoms with E-state index >= 15 is 0 Å². The summed E-state index contributed by atoms with van der Waals surface area (Å²) >= 11 is 6.13. The molecule has 0 aliphatic carbocycles. The molecule has 0 bridgehead atoms. The molecule has 5 heteroatoms. The van der Waals surface area contributed by atoms with Crippen LogP contribution in [0.3, 0.4) is 0 Å². The predicted molar refractivity (Wildman–Crippen MR) is 61.1 cm³/mol. The summed E-state index contributed by atoms with van der Waals surface area (Å²) in [6.07, 6.45) is 0.618. The van der Waals surface area contributed by atoms with Crippen LogP contribution in [0.25, 0.3) is 0 Å². The highest BCUT2D eigenvalue weighted by molar-refractivity contribution is 7.78. The van der Waals surface area contributed by atoms with Gasteiger partial charge in [0.15, 0.2) is 0 Å². The molecule has 0 N–H and O–H groups in total. The van der Waals surface area contributed by atoms with E-state index in [1.807, 2.05) is 18.5 Å². The molecule has 0 aromatic heterocycles. The second-order valence-corrected chi connectivity index (χ2v) is 5.59. The van der Waals surface area contributed by atoms with Gasteiger partial charge in [-0.15, -0.1) is 0 Å². The van der Waals surface area contributed by atoms with Gasteiger partial charge in [-0.25, -0.2) is 4.67 Å². The van der Waals surface area contributed by atoms with Crippen molar-refractivity contribution in [2.45, 2.75) is 46.3 Å². The second kappa shape index (κ2) is 7.43. The Bertz CT molecular complexity index is 194. The molecule has 1 unspecified atom stereocenters. The third kappa shape index (κ3) is 5.78. The van der Waals surface area contributed by atoms with Crippen molar-refractivity contribution in [1.29, 1.82) is 5.26 Å². The van der Waals surface area contributed by atoms with Gasteiger partial charge in [0.25, 0.3) is 0 Å². The zero-order valence-corrected chi connectivity index (χ0v) is 10.8. The zero-order valence-electron chi connectivity index (χ0n) is 9.20. The van der Waals surface area contributed by atoms with Crippen molar-refractivity contribution in [2.75, 3.05) is 6.54 Å². The predicted octanol–water partition coefficient (Wildman–Crippen LogP) is 3.50. The number of hydrogen-bond donors (Lipinski definition) is 0. The topological polar surface area (TPSA) is 36.3 Å². The van der Waals surface area contributed by atoms with Crippen LogP contribution >= 0.6 is 18.9 Å². The molecule has 0 amide bonds. The lowest BCUT2D eigenvalue weighted by Gasteiger charge is -2.29. The number of halogens is 1. The molecule has 14 heavy (non-hydrogen) atoms. The van der Waals surface area contributed by atoms with E-state index in [4.69, 9.17) is 21.0 Å². The highest BCUT2D eigenvalue weighted by Gasteiger charge is 2.21. The molecule has 0 radical (unpaired) electrons. The molecule has 3 nitrogen and oxygen atoms in total. The van der Waals surface area contributed by atoms with E-state index in [1.165, 1.54) is 0 Å². The third-order valence-electron chi connectivity index (χ3n) is 1.55. The first-order valence-electron chi connectivity index (χ1n) is 4.75. The average molecular weight is 237 g/mol. The van der Waals surface area contributed by atoms with Crippen molar-refractivity contribution >= 4 is 18.9 Å². The molecule has 0 rings (SSSR count). The van der Waals surface area contributed by atoms with Crippen LogP contribution in [0.15, 0.2) is 0 Å². The quantitative estimate of drug-likeness (QED) is 0.663. The third-order valence-corrected chi connectivity index (χ3v) is 4.03. The first-order valence-corrected chi connectivity index (χ1v) is 6.87. The summed E-state index contributed by atoms with van der Waals surface area (Å²) in [4.78, 5) is 0. The number of rotatable bonds is 6. The fraction of sp³-hybridized carbons (Fsp3) is 0.889. The van der Waals surface area contributed by atoms with Gasteiger partial charge in [0.2, 0.25) is 7.65 Å². The number of nitriles is 1. The van der Waals surface area contributed by atoms with Crippen LogP contribution in [0.5, 0.6) is 0 Å². The van der Waals surface area contributed by atoms with Gasteiger partial charge >= 0.3 is 0 Å². The Morgan fingerprint density at radius 1 is 1.43 bits per heavy atom. The summed E-state index contributed by atoms with van der Waals surface area (Å²) in [6, 6.07) is 2.43. The lowest BCUT2D eigenvalue weighted by Crippen LogP contribution is -2.26. The minimum Gasteiger partial charge on any atom is -0.329 e. The van der Waals surface area contributed by atoms with Crippen LogP contribution in [0, 0.1) is 11.3 Å². The lowest BCUT2D eigenvalue weighted by atomic mass is 10.3. The SMILES string of the molecule is CC(C)OP(Cl)N(CCC#N)C(C)C. The second-order valence-electron chi connectivity index (χ2n) is 3.55. The molecule has 1 atom stereocenters. The molecular weight excluding hydrogens is 219 g/mol. The lowest BCUT2D eigenvalue weighted by molar-refractivity contribution is 0.239. The number of hydrogen-bond acceptors (Lipinski definition) is 3. The molecule has 0 aliphatic rings. The maximum absolute atomic E-state index is 8.51. The van der Waals surface area contributed by atoms with Crippen LogP contribution in [0.4, 0.5) is 0 Å². The zero-order chi connectivity index (χ0) is 11.1. The Morgan fingerprint density at radius 2 is 2.00 bits per heavy atom. The van der Waals surface area contributed by atoms with Gasteiger partial charge in [-0.1, -0.05) is 0 Å². The molecule has 0 fully saturated rings. The van der Waals surface area contributed by atoms with Crippen molar-refractivity contribution in [1.82, 2.24) is 4.67 Å². The molecule has 82 valence electrons. The Hall–Kier alpha value is 0.130. The minimum atomic E-state index is -1.08. The maximum Gasteiger partial charge on any atom is 0.207 e. The van der Waals surface area contributed by atoms with Gasteiger partial charge in [0, 0.05) is 19.0 Å². The van der Waals surface area contributed by atoms with Gasteiger partial charge < -0.3 is 4.52 Å². The van der Waals surface area contributed by atoms with Gasteiger partial charge in [-0.3, -0.25) is 0 Å². The summed E-state index contributed by atoms with van der Waals surface area (Å²) in [5.41, 5.74) is 0. The van der Waals surface area contributed by atoms with Crippen LogP contribution in [0.2, 0.25) is 0 Å². The van der Waals surface area contributed by atoms with E-state index in [1.54, 1.807) is 0 Å². The molecule has 0 aliphatic heterocycles. The summed E-state index contributed by atoms with van der Waals surface area (Å²) < 4.78 is 7.55. The first kappa shape index (κ1) is 14.1.